The van der Waals surface area contributed by atoms with Crippen LogP contribution in [-0.4, -0.2) is 30.0 Å². The Kier molecular flexibility index (Phi) is 4.49. The Morgan fingerprint density at radius 1 is 1.35 bits per heavy atom. The topological polar surface area (TPSA) is 85.6 Å². The molecule has 2 aromatic rings. The van der Waals surface area contributed by atoms with E-state index in [4.69, 9.17) is 4.74 Å². The summed E-state index contributed by atoms with van der Waals surface area (Å²) < 4.78 is 31.6. The molecule has 1 heterocycles. The van der Waals surface area contributed by atoms with E-state index in [0.29, 0.717) is 12.1 Å². The first kappa shape index (κ1) is 16.3. The summed E-state index contributed by atoms with van der Waals surface area (Å²) in [7, 11) is 2.65. The lowest BCUT2D eigenvalue weighted by atomic mass is 10.1. The number of hydrogen-bond acceptors (Lipinski definition) is 5. The summed E-state index contributed by atoms with van der Waals surface area (Å²) in [5.41, 5.74) is -1.43. The van der Waals surface area contributed by atoms with Gasteiger partial charge in [0.1, 0.15) is 5.56 Å². The number of halogens is 2. The smallest absolute Gasteiger partial charge is 0.285 e. The fourth-order valence-electron chi connectivity index (χ4n) is 1.93. The van der Waals surface area contributed by atoms with Crippen LogP contribution in [0.2, 0.25) is 0 Å². The van der Waals surface area contributed by atoms with Gasteiger partial charge in [0.25, 0.3) is 11.6 Å². The third kappa shape index (κ3) is 3.07. The minimum atomic E-state index is -1.41. The SMILES string of the molecule is COc1cccnc1N(C)C(=O)c1cc(F)c(F)cc1[N+](=O)[O-]. The number of nitro benzene ring substituents is 1. The molecule has 1 aromatic carbocycles. The third-order valence-electron chi connectivity index (χ3n) is 3.06. The number of rotatable bonds is 4. The molecule has 1 aromatic heterocycles. The van der Waals surface area contributed by atoms with Gasteiger partial charge in [-0.1, -0.05) is 0 Å². The molecule has 120 valence electrons. The van der Waals surface area contributed by atoms with E-state index in [1.165, 1.54) is 26.4 Å². The number of ether oxygens (including phenoxy) is 1. The summed E-state index contributed by atoms with van der Waals surface area (Å²) in [6.45, 7) is 0. The van der Waals surface area contributed by atoms with Crippen molar-refractivity contribution in [2.24, 2.45) is 0 Å². The van der Waals surface area contributed by atoms with Crippen LogP contribution in [-0.2, 0) is 0 Å². The van der Waals surface area contributed by atoms with Crippen LogP contribution in [0.5, 0.6) is 5.75 Å². The fraction of sp³-hybridized carbons (Fsp3) is 0.143. The molecule has 0 saturated heterocycles. The normalized spacial score (nSPS) is 10.3. The predicted molar refractivity (Wildman–Crippen MR) is 76.5 cm³/mol. The van der Waals surface area contributed by atoms with Gasteiger partial charge < -0.3 is 4.74 Å². The van der Waals surface area contributed by atoms with Gasteiger partial charge in [-0.2, -0.15) is 0 Å². The molecule has 0 fully saturated rings. The number of anilines is 1. The Morgan fingerprint density at radius 3 is 2.61 bits per heavy atom. The molecule has 0 aliphatic carbocycles. The number of methoxy groups -OCH3 is 1. The molecule has 0 saturated carbocycles. The molecular weight excluding hydrogens is 312 g/mol. The molecular formula is C14H11F2N3O4. The van der Waals surface area contributed by atoms with Crippen molar-refractivity contribution < 1.29 is 23.2 Å². The van der Waals surface area contributed by atoms with Gasteiger partial charge in [0.15, 0.2) is 23.2 Å². The standard InChI is InChI=1S/C14H11F2N3O4/c1-18(13-12(23-2)4-3-5-17-13)14(20)8-6-9(15)10(16)7-11(8)19(21)22/h3-7H,1-2H3. The van der Waals surface area contributed by atoms with Crippen molar-refractivity contribution in [3.63, 3.8) is 0 Å². The van der Waals surface area contributed by atoms with E-state index >= 15 is 0 Å². The van der Waals surface area contributed by atoms with E-state index in [1.54, 1.807) is 6.07 Å². The molecule has 0 spiro atoms. The monoisotopic (exact) mass is 323 g/mol. The maximum Gasteiger partial charge on any atom is 0.285 e. The van der Waals surface area contributed by atoms with Crippen molar-refractivity contribution in [1.29, 1.82) is 0 Å². The molecule has 0 aliphatic heterocycles. The van der Waals surface area contributed by atoms with Crippen molar-refractivity contribution >= 4 is 17.4 Å². The number of aromatic nitrogens is 1. The van der Waals surface area contributed by atoms with Gasteiger partial charge in [0.2, 0.25) is 0 Å². The van der Waals surface area contributed by atoms with Crippen molar-refractivity contribution in [2.45, 2.75) is 0 Å². The summed E-state index contributed by atoms with van der Waals surface area (Å²) in [5.74, 6) is -3.37. The zero-order valence-electron chi connectivity index (χ0n) is 12.1. The molecule has 23 heavy (non-hydrogen) atoms. The van der Waals surface area contributed by atoms with E-state index in [2.05, 4.69) is 4.98 Å². The minimum absolute atomic E-state index is 0.0824. The number of hydrogen-bond donors (Lipinski definition) is 0. The molecule has 0 unspecified atom stereocenters. The van der Waals surface area contributed by atoms with Crippen LogP contribution < -0.4 is 9.64 Å². The van der Waals surface area contributed by atoms with Gasteiger partial charge in [-0.05, 0) is 18.2 Å². The summed E-state index contributed by atoms with van der Waals surface area (Å²) in [6.07, 6.45) is 1.39. The number of pyridine rings is 1. The van der Waals surface area contributed by atoms with Crippen LogP contribution in [0.4, 0.5) is 20.3 Å². The number of benzene rings is 1. The Balaban J connectivity index is 2.52. The first-order valence-corrected chi connectivity index (χ1v) is 6.27. The molecule has 0 aliphatic rings. The molecule has 1 amide bonds. The Bertz CT molecular complexity index is 783. The zero-order chi connectivity index (χ0) is 17.1. The second kappa shape index (κ2) is 6.34. The first-order valence-electron chi connectivity index (χ1n) is 6.27. The Labute approximate surface area is 129 Å². The number of carbonyl (C=O) groups excluding carboxylic acids is 1. The largest absolute Gasteiger partial charge is 0.493 e. The van der Waals surface area contributed by atoms with Crippen LogP contribution in [0.3, 0.4) is 0 Å². The minimum Gasteiger partial charge on any atom is -0.493 e. The predicted octanol–water partition coefficient (Wildman–Crippen LogP) is 2.55. The zero-order valence-corrected chi connectivity index (χ0v) is 12.1. The third-order valence-corrected chi connectivity index (χ3v) is 3.06. The van der Waals surface area contributed by atoms with Crippen LogP contribution >= 0.6 is 0 Å². The summed E-state index contributed by atoms with van der Waals surface area (Å²) in [5, 5.41) is 11.0. The van der Waals surface area contributed by atoms with E-state index in [0.717, 1.165) is 4.90 Å². The number of nitrogens with zero attached hydrogens (tertiary/aromatic N) is 3. The molecule has 7 nitrogen and oxygen atoms in total. The van der Waals surface area contributed by atoms with Crippen molar-refractivity contribution in [2.75, 3.05) is 19.1 Å². The van der Waals surface area contributed by atoms with Gasteiger partial charge in [0.05, 0.1) is 18.1 Å². The molecule has 2 rings (SSSR count). The Morgan fingerprint density at radius 2 is 2.00 bits per heavy atom. The van der Waals surface area contributed by atoms with E-state index in [-0.39, 0.29) is 11.6 Å². The number of nitro groups is 1. The lowest BCUT2D eigenvalue weighted by Crippen LogP contribution is -2.28. The quantitative estimate of drug-likeness (QED) is 0.637. The maximum atomic E-state index is 13.4. The van der Waals surface area contributed by atoms with Gasteiger partial charge >= 0.3 is 0 Å². The number of amides is 1. The summed E-state index contributed by atoms with van der Waals surface area (Å²) in [4.78, 5) is 27.4. The van der Waals surface area contributed by atoms with Crippen molar-refractivity contribution in [3.8, 4) is 5.75 Å². The van der Waals surface area contributed by atoms with E-state index in [9.17, 15) is 23.7 Å². The summed E-state index contributed by atoms with van der Waals surface area (Å²) >= 11 is 0. The van der Waals surface area contributed by atoms with E-state index in [1.807, 2.05) is 0 Å². The van der Waals surface area contributed by atoms with E-state index < -0.39 is 33.7 Å². The van der Waals surface area contributed by atoms with Crippen LogP contribution in [0.15, 0.2) is 30.5 Å². The lowest BCUT2D eigenvalue weighted by Gasteiger charge is -2.18. The highest BCUT2D eigenvalue weighted by Gasteiger charge is 2.28. The van der Waals surface area contributed by atoms with Crippen LogP contribution in [0.25, 0.3) is 0 Å². The second-order valence-electron chi connectivity index (χ2n) is 4.43. The second-order valence-corrected chi connectivity index (χ2v) is 4.43. The molecule has 0 bridgehead atoms. The van der Waals surface area contributed by atoms with Gasteiger partial charge in [0, 0.05) is 13.2 Å². The molecule has 0 radical (unpaired) electrons. The van der Waals surface area contributed by atoms with Gasteiger partial charge in [-0.3, -0.25) is 19.8 Å². The van der Waals surface area contributed by atoms with Gasteiger partial charge in [-0.15, -0.1) is 0 Å². The average Bonchev–Trinajstić information content (AvgIpc) is 2.55. The summed E-state index contributed by atoms with van der Waals surface area (Å²) in [6, 6.07) is 3.96. The highest BCUT2D eigenvalue weighted by atomic mass is 19.2. The lowest BCUT2D eigenvalue weighted by molar-refractivity contribution is -0.385. The van der Waals surface area contributed by atoms with Gasteiger partial charge in [-0.25, -0.2) is 13.8 Å². The first-order chi connectivity index (χ1) is 10.9. The maximum absolute atomic E-state index is 13.4. The van der Waals surface area contributed by atoms with Crippen molar-refractivity contribution in [1.82, 2.24) is 4.98 Å². The fourth-order valence-corrected chi connectivity index (χ4v) is 1.93. The highest BCUT2D eigenvalue weighted by molar-refractivity contribution is 6.08. The average molecular weight is 323 g/mol. The van der Waals surface area contributed by atoms with Crippen LogP contribution in [0, 0.1) is 21.7 Å². The van der Waals surface area contributed by atoms with Crippen LogP contribution in [0.1, 0.15) is 10.4 Å². The molecule has 0 N–H and O–H groups in total. The number of carbonyl (C=O) groups is 1. The molecule has 0 atom stereocenters. The molecule has 9 heteroatoms. The highest BCUT2D eigenvalue weighted by Crippen LogP contribution is 2.28. The van der Waals surface area contributed by atoms with Crippen molar-refractivity contribution in [3.05, 3.63) is 57.8 Å². The Hall–Kier alpha value is -3.10.